The molecule has 0 aliphatic carbocycles. The van der Waals surface area contributed by atoms with E-state index in [-0.39, 0.29) is 5.56 Å². The van der Waals surface area contributed by atoms with E-state index in [4.69, 9.17) is 0 Å². The van der Waals surface area contributed by atoms with Gasteiger partial charge in [-0.1, -0.05) is 13.3 Å². The molecule has 0 amide bonds. The molecule has 0 spiro atoms. The first-order valence-electron chi connectivity index (χ1n) is 6.26. The summed E-state index contributed by atoms with van der Waals surface area (Å²) in [6.45, 7) is 5.04. The molecule has 0 aliphatic heterocycles. The van der Waals surface area contributed by atoms with E-state index < -0.39 is 29.2 Å². The molecule has 0 fully saturated rings. The van der Waals surface area contributed by atoms with Crippen molar-refractivity contribution in [3.05, 3.63) is 35.4 Å². The van der Waals surface area contributed by atoms with Crippen LogP contribution in [0.4, 0.5) is 8.78 Å². The Morgan fingerprint density at radius 2 is 2.11 bits per heavy atom. The van der Waals surface area contributed by atoms with Gasteiger partial charge in [-0.15, -0.1) is 0 Å². The maximum atomic E-state index is 13.6. The predicted molar refractivity (Wildman–Crippen MR) is 68.9 cm³/mol. The number of hydrogen-bond acceptors (Lipinski definition) is 2. The van der Waals surface area contributed by atoms with E-state index in [2.05, 4.69) is 5.32 Å². The fourth-order valence-electron chi connectivity index (χ4n) is 2.14. The van der Waals surface area contributed by atoms with E-state index in [0.29, 0.717) is 12.8 Å². The van der Waals surface area contributed by atoms with Gasteiger partial charge >= 0.3 is 5.97 Å². The average Bonchev–Trinajstić information content (AvgIpc) is 2.32. The highest BCUT2D eigenvalue weighted by Crippen LogP contribution is 2.23. The van der Waals surface area contributed by atoms with Crippen LogP contribution in [-0.2, 0) is 4.79 Å². The molecule has 0 aromatic heterocycles. The smallest absolute Gasteiger partial charge is 0.323 e. The summed E-state index contributed by atoms with van der Waals surface area (Å²) < 4.78 is 26.8. The SMILES string of the molecule is CCCC(C)(NC(C)c1cc(F)ccc1F)C(=O)O. The minimum Gasteiger partial charge on any atom is -0.480 e. The summed E-state index contributed by atoms with van der Waals surface area (Å²) in [6.07, 6.45) is 1.08. The van der Waals surface area contributed by atoms with Gasteiger partial charge in [-0.2, -0.15) is 0 Å². The minimum absolute atomic E-state index is 0.128. The zero-order valence-electron chi connectivity index (χ0n) is 11.3. The zero-order valence-corrected chi connectivity index (χ0v) is 11.3. The summed E-state index contributed by atoms with van der Waals surface area (Å²) in [4.78, 5) is 11.3. The van der Waals surface area contributed by atoms with Crippen LogP contribution in [0.3, 0.4) is 0 Å². The number of carbonyl (C=O) groups is 1. The van der Waals surface area contributed by atoms with Gasteiger partial charge in [0.05, 0.1) is 0 Å². The monoisotopic (exact) mass is 271 g/mol. The third-order valence-corrected chi connectivity index (χ3v) is 3.18. The molecule has 1 aromatic carbocycles. The van der Waals surface area contributed by atoms with Crippen molar-refractivity contribution in [2.45, 2.75) is 45.2 Å². The van der Waals surface area contributed by atoms with Crippen molar-refractivity contribution in [1.29, 1.82) is 0 Å². The molecule has 106 valence electrons. The van der Waals surface area contributed by atoms with Gasteiger partial charge in [-0.25, -0.2) is 8.78 Å². The lowest BCUT2D eigenvalue weighted by Crippen LogP contribution is -2.50. The van der Waals surface area contributed by atoms with Crippen molar-refractivity contribution in [2.75, 3.05) is 0 Å². The molecule has 2 N–H and O–H groups in total. The number of hydrogen-bond donors (Lipinski definition) is 2. The van der Waals surface area contributed by atoms with E-state index in [1.807, 2.05) is 6.92 Å². The summed E-state index contributed by atoms with van der Waals surface area (Å²) >= 11 is 0. The summed E-state index contributed by atoms with van der Waals surface area (Å²) in [6, 6.07) is 2.57. The van der Waals surface area contributed by atoms with Crippen LogP contribution in [0.5, 0.6) is 0 Å². The fraction of sp³-hybridized carbons (Fsp3) is 0.500. The van der Waals surface area contributed by atoms with Crippen LogP contribution in [0.25, 0.3) is 0 Å². The second-order valence-corrected chi connectivity index (χ2v) is 4.92. The average molecular weight is 271 g/mol. The van der Waals surface area contributed by atoms with Crippen molar-refractivity contribution in [3.63, 3.8) is 0 Å². The Labute approximate surface area is 111 Å². The van der Waals surface area contributed by atoms with Crippen molar-refractivity contribution < 1.29 is 18.7 Å². The van der Waals surface area contributed by atoms with E-state index in [9.17, 15) is 18.7 Å². The fourth-order valence-corrected chi connectivity index (χ4v) is 2.14. The molecule has 0 saturated heterocycles. The van der Waals surface area contributed by atoms with Crippen LogP contribution in [0.15, 0.2) is 18.2 Å². The Bertz CT molecular complexity index is 465. The molecule has 0 bridgehead atoms. The van der Waals surface area contributed by atoms with Gasteiger partial charge in [0.2, 0.25) is 0 Å². The van der Waals surface area contributed by atoms with Crippen LogP contribution in [-0.4, -0.2) is 16.6 Å². The van der Waals surface area contributed by atoms with E-state index >= 15 is 0 Å². The minimum atomic E-state index is -1.16. The standard InChI is InChI=1S/C14H19F2NO2/c1-4-7-14(3,13(18)19)17-9(2)11-8-10(15)5-6-12(11)16/h5-6,8-9,17H,4,7H2,1-3H3,(H,18,19). The lowest BCUT2D eigenvalue weighted by atomic mass is 9.93. The Hall–Kier alpha value is -1.49. The molecule has 1 aromatic rings. The molecular weight excluding hydrogens is 252 g/mol. The molecule has 2 unspecified atom stereocenters. The van der Waals surface area contributed by atoms with Gasteiger partial charge in [-0.3, -0.25) is 10.1 Å². The molecule has 3 nitrogen and oxygen atoms in total. The zero-order chi connectivity index (χ0) is 14.6. The second kappa shape index (κ2) is 6.10. The van der Waals surface area contributed by atoms with Crippen LogP contribution in [0.1, 0.15) is 45.2 Å². The number of carboxylic acids is 1. The Kier molecular flexibility index (Phi) is 5.00. The molecule has 1 rings (SSSR count). The Morgan fingerprint density at radius 1 is 1.47 bits per heavy atom. The van der Waals surface area contributed by atoms with Gasteiger partial charge in [0.25, 0.3) is 0 Å². The Morgan fingerprint density at radius 3 is 2.63 bits per heavy atom. The molecule has 0 saturated carbocycles. The second-order valence-electron chi connectivity index (χ2n) is 4.92. The molecule has 5 heteroatoms. The first kappa shape index (κ1) is 15.6. The number of carboxylic acid groups (broad SMARTS) is 1. The molecule has 0 aliphatic rings. The number of benzene rings is 1. The summed E-state index contributed by atoms with van der Waals surface area (Å²) in [5.74, 6) is -2.10. The highest BCUT2D eigenvalue weighted by Gasteiger charge is 2.34. The third-order valence-electron chi connectivity index (χ3n) is 3.18. The molecule has 19 heavy (non-hydrogen) atoms. The van der Waals surface area contributed by atoms with Crippen LogP contribution in [0, 0.1) is 11.6 Å². The first-order valence-corrected chi connectivity index (χ1v) is 6.26. The molecular formula is C14H19F2NO2. The van der Waals surface area contributed by atoms with Crippen LogP contribution < -0.4 is 5.32 Å². The quantitative estimate of drug-likeness (QED) is 0.835. The van der Waals surface area contributed by atoms with E-state index in [1.54, 1.807) is 13.8 Å². The Balaban J connectivity index is 2.97. The van der Waals surface area contributed by atoms with Crippen molar-refractivity contribution >= 4 is 5.97 Å². The highest BCUT2D eigenvalue weighted by molar-refractivity contribution is 5.78. The lowest BCUT2D eigenvalue weighted by molar-refractivity contribution is -0.144. The number of rotatable bonds is 6. The molecule has 0 radical (unpaired) electrons. The van der Waals surface area contributed by atoms with Gasteiger partial charge < -0.3 is 5.11 Å². The summed E-state index contributed by atoms with van der Waals surface area (Å²) in [5, 5.41) is 12.1. The lowest BCUT2D eigenvalue weighted by Gasteiger charge is -2.30. The largest absolute Gasteiger partial charge is 0.480 e. The number of nitrogens with one attached hydrogen (secondary N) is 1. The van der Waals surface area contributed by atoms with Gasteiger partial charge in [0, 0.05) is 11.6 Å². The van der Waals surface area contributed by atoms with Crippen molar-refractivity contribution in [1.82, 2.24) is 5.32 Å². The van der Waals surface area contributed by atoms with E-state index in [0.717, 1.165) is 18.2 Å². The van der Waals surface area contributed by atoms with Crippen LogP contribution in [0.2, 0.25) is 0 Å². The topological polar surface area (TPSA) is 49.3 Å². The molecule has 0 heterocycles. The van der Waals surface area contributed by atoms with Gasteiger partial charge in [0.15, 0.2) is 0 Å². The first-order chi connectivity index (χ1) is 8.80. The van der Waals surface area contributed by atoms with Gasteiger partial charge in [-0.05, 0) is 38.5 Å². The van der Waals surface area contributed by atoms with Crippen molar-refractivity contribution in [3.8, 4) is 0 Å². The maximum absolute atomic E-state index is 13.6. The predicted octanol–water partition coefficient (Wildman–Crippen LogP) is 3.26. The highest BCUT2D eigenvalue weighted by atomic mass is 19.1. The van der Waals surface area contributed by atoms with Crippen LogP contribution >= 0.6 is 0 Å². The summed E-state index contributed by atoms with van der Waals surface area (Å²) in [7, 11) is 0. The van der Waals surface area contributed by atoms with E-state index in [1.165, 1.54) is 0 Å². The molecule has 2 atom stereocenters. The van der Waals surface area contributed by atoms with Gasteiger partial charge in [0.1, 0.15) is 17.2 Å². The van der Waals surface area contributed by atoms with Crippen molar-refractivity contribution in [2.24, 2.45) is 0 Å². The number of halogens is 2. The third kappa shape index (κ3) is 3.73. The maximum Gasteiger partial charge on any atom is 0.323 e. The normalized spacial score (nSPS) is 15.8. The number of aliphatic carboxylic acids is 1. The summed E-state index contributed by atoms with van der Waals surface area (Å²) in [5.41, 5.74) is -1.03.